The average molecular weight is 772 g/mol. The van der Waals surface area contributed by atoms with E-state index in [9.17, 15) is 24.3 Å². The quantitative estimate of drug-likeness (QED) is 0.212. The highest BCUT2D eigenvalue weighted by Gasteiger charge is 2.77. The number of aliphatic hydroxyl groups excluding tert-OH is 1. The molecule has 7 aliphatic rings. The number of fused-ring (bicyclic) bond motifs is 5. The van der Waals surface area contributed by atoms with Crippen molar-refractivity contribution in [2.24, 2.45) is 10.8 Å². The van der Waals surface area contributed by atoms with Crippen molar-refractivity contribution >= 4 is 35.8 Å². The number of hydrogen-bond acceptors (Lipinski definition) is 13. The zero-order valence-corrected chi connectivity index (χ0v) is 31.2. The molecule has 5 saturated heterocycles. The van der Waals surface area contributed by atoms with E-state index in [1.165, 1.54) is 11.1 Å². The smallest absolute Gasteiger partial charge is 0.348 e. The Labute approximate surface area is 323 Å². The lowest BCUT2D eigenvalue weighted by Crippen LogP contribution is -2.70. The molecule has 15 nitrogen and oxygen atoms in total. The van der Waals surface area contributed by atoms with Gasteiger partial charge in [0.1, 0.15) is 42.5 Å². The monoisotopic (exact) mass is 771 g/mol. The molecule has 2 bridgehead atoms. The molecule has 8 unspecified atom stereocenters. The summed E-state index contributed by atoms with van der Waals surface area (Å²) in [4.78, 5) is 76.4. The van der Waals surface area contributed by atoms with Gasteiger partial charge in [-0.3, -0.25) is 19.2 Å². The Bertz CT molecular complexity index is 1980. The van der Waals surface area contributed by atoms with Gasteiger partial charge < -0.3 is 39.0 Å². The summed E-state index contributed by atoms with van der Waals surface area (Å²) in [5.41, 5.74) is 1.31. The number of carbonyl (C=O) groups excluding carboxylic acids is 5. The van der Waals surface area contributed by atoms with Crippen molar-refractivity contribution in [1.82, 2.24) is 15.3 Å². The van der Waals surface area contributed by atoms with Crippen LogP contribution < -0.4 is 5.32 Å². The topological polar surface area (TPSA) is 179 Å². The second-order valence-electron chi connectivity index (χ2n) is 16.5. The van der Waals surface area contributed by atoms with E-state index in [0.717, 1.165) is 11.1 Å². The summed E-state index contributed by atoms with van der Waals surface area (Å²) < 4.78 is 30.4. The predicted molar refractivity (Wildman–Crippen MR) is 192 cm³/mol. The number of benzene rings is 2. The van der Waals surface area contributed by atoms with E-state index >= 15 is 4.79 Å². The molecule has 5 heterocycles. The molecule has 2 amide bonds. The summed E-state index contributed by atoms with van der Waals surface area (Å²) >= 11 is 0. The highest BCUT2D eigenvalue weighted by Crippen LogP contribution is 2.59. The van der Waals surface area contributed by atoms with E-state index in [-0.39, 0.29) is 44.5 Å². The SMILES string of the molecule is CC1(C)COC(=O)C1OC(=O)C=Cc1ccccc1CN1OC2C3OC4(Cc5ccccc5C4)OC3C3CC2(C(=O)N2CCCC2C(=O)NCCO)C1C(=O)O3. The Kier molecular flexibility index (Phi) is 9.08. The zero-order valence-electron chi connectivity index (χ0n) is 31.2. The van der Waals surface area contributed by atoms with E-state index in [2.05, 4.69) is 5.32 Å². The molecule has 1 saturated carbocycles. The molecule has 1 spiro atoms. The number of carbonyl (C=O) groups is 5. The maximum Gasteiger partial charge on any atom is 0.348 e. The maximum atomic E-state index is 15.3. The Hall–Kier alpha value is -4.67. The van der Waals surface area contributed by atoms with Gasteiger partial charge >= 0.3 is 17.9 Å². The molecule has 296 valence electrons. The fourth-order valence-corrected chi connectivity index (χ4v) is 9.84. The van der Waals surface area contributed by atoms with Crippen LogP contribution in [0.2, 0.25) is 0 Å². The van der Waals surface area contributed by atoms with Gasteiger partial charge in [-0.1, -0.05) is 62.4 Å². The van der Waals surface area contributed by atoms with Crippen LogP contribution in [-0.2, 0) is 71.9 Å². The van der Waals surface area contributed by atoms with Crippen molar-refractivity contribution in [2.75, 3.05) is 26.3 Å². The number of nitrogens with one attached hydrogen (secondary N) is 1. The van der Waals surface area contributed by atoms with Crippen LogP contribution in [0.25, 0.3) is 6.08 Å². The third kappa shape index (κ3) is 5.94. The molecule has 6 fully saturated rings. The van der Waals surface area contributed by atoms with E-state index in [0.29, 0.717) is 43.4 Å². The van der Waals surface area contributed by atoms with Crippen LogP contribution in [0.15, 0.2) is 54.6 Å². The number of hydrogen-bond donors (Lipinski definition) is 2. The van der Waals surface area contributed by atoms with E-state index in [1.54, 1.807) is 37.0 Å². The Morgan fingerprint density at radius 2 is 1.73 bits per heavy atom. The Morgan fingerprint density at radius 3 is 2.46 bits per heavy atom. The molecular formula is C41H45N3O12. The average Bonchev–Trinajstić information content (AvgIpc) is 4.00. The number of ether oxygens (including phenoxy) is 5. The Morgan fingerprint density at radius 1 is 1.00 bits per heavy atom. The molecule has 0 aromatic heterocycles. The van der Waals surface area contributed by atoms with Crippen molar-refractivity contribution in [3.05, 3.63) is 76.9 Å². The lowest BCUT2D eigenvalue weighted by Gasteiger charge is -2.50. The standard InChI is InChI=1S/C41H45N3O12/c1-39(2)22-51-37(49)34(39)53-29(46)14-13-23-8-3-6-11-26(23)21-44-32-36(48)52-28-20-41(32,38(50)43-16-7-12-27(43)35(47)42-15-17-45)33(56-44)31-30(28)54-40(55-31)18-24-9-4-5-10-25(24)19-40/h3-6,8-11,13-14,27-28,30-34,45H,7,12,15-22H2,1-2H3,(H,42,47). The lowest BCUT2D eigenvalue weighted by molar-refractivity contribution is -0.218. The van der Waals surface area contributed by atoms with Gasteiger partial charge in [0.15, 0.2) is 11.8 Å². The molecule has 8 atom stereocenters. The number of aliphatic hydroxyl groups is 1. The van der Waals surface area contributed by atoms with E-state index in [4.69, 9.17) is 28.5 Å². The minimum atomic E-state index is -1.49. The Balaban J connectivity index is 1.04. The third-order valence-electron chi connectivity index (χ3n) is 12.4. The number of likely N-dealkylation sites (tertiary alicyclic amines) is 1. The fourth-order valence-electron chi connectivity index (χ4n) is 9.84. The van der Waals surface area contributed by atoms with Crippen LogP contribution in [0.4, 0.5) is 0 Å². The van der Waals surface area contributed by atoms with Crippen molar-refractivity contribution in [3.8, 4) is 0 Å². The molecule has 2 aromatic carbocycles. The van der Waals surface area contributed by atoms with Crippen molar-refractivity contribution in [1.29, 1.82) is 0 Å². The van der Waals surface area contributed by atoms with Crippen LogP contribution in [0.1, 0.15) is 55.4 Å². The van der Waals surface area contributed by atoms with Crippen molar-refractivity contribution < 1.29 is 57.6 Å². The molecule has 2 aromatic rings. The highest BCUT2D eigenvalue weighted by molar-refractivity contribution is 5.97. The largest absolute Gasteiger partial charge is 0.462 e. The number of nitrogens with zero attached hydrogens (tertiary/aromatic N) is 2. The molecular weight excluding hydrogens is 726 g/mol. The normalized spacial score (nSPS) is 33.3. The summed E-state index contributed by atoms with van der Waals surface area (Å²) in [6, 6.07) is 13.2. The number of cyclic esters (lactones) is 1. The first-order chi connectivity index (χ1) is 26.9. The minimum absolute atomic E-state index is 0.0166. The van der Waals surface area contributed by atoms with Crippen LogP contribution >= 0.6 is 0 Å². The van der Waals surface area contributed by atoms with Gasteiger partial charge in [-0.05, 0) is 41.2 Å². The van der Waals surface area contributed by atoms with E-state index in [1.807, 2.05) is 36.4 Å². The minimum Gasteiger partial charge on any atom is -0.462 e. The molecule has 2 N–H and O–H groups in total. The molecule has 5 aliphatic heterocycles. The molecule has 2 aliphatic carbocycles. The van der Waals surface area contributed by atoms with E-state index < -0.39 is 77.1 Å². The molecule has 0 radical (unpaired) electrons. The molecule has 15 heteroatoms. The first kappa shape index (κ1) is 36.9. The highest BCUT2D eigenvalue weighted by atomic mass is 16.8. The van der Waals surface area contributed by atoms with Gasteiger partial charge in [-0.25, -0.2) is 9.59 Å². The number of hydroxylamine groups is 2. The predicted octanol–water partition coefficient (Wildman–Crippen LogP) is 1.37. The van der Waals surface area contributed by atoms with Crippen molar-refractivity contribution in [2.45, 2.75) is 101 Å². The third-order valence-corrected chi connectivity index (χ3v) is 12.4. The number of rotatable bonds is 9. The van der Waals surface area contributed by atoms with Crippen molar-refractivity contribution in [3.63, 3.8) is 0 Å². The number of amides is 2. The summed E-state index contributed by atoms with van der Waals surface area (Å²) in [6.07, 6.45) is 0.595. The van der Waals surface area contributed by atoms with Crippen LogP contribution in [0.5, 0.6) is 0 Å². The van der Waals surface area contributed by atoms with Crippen LogP contribution in [-0.4, -0.2) is 119 Å². The summed E-state index contributed by atoms with van der Waals surface area (Å²) in [7, 11) is 0. The van der Waals surface area contributed by atoms with Gasteiger partial charge in [-0.15, -0.1) is 0 Å². The van der Waals surface area contributed by atoms with Gasteiger partial charge in [-0.2, -0.15) is 5.06 Å². The second-order valence-corrected chi connectivity index (χ2v) is 16.5. The van der Waals surface area contributed by atoms with Gasteiger partial charge in [0.25, 0.3) is 0 Å². The van der Waals surface area contributed by atoms with Gasteiger partial charge in [0.05, 0.1) is 13.2 Å². The zero-order chi connectivity index (χ0) is 39.0. The summed E-state index contributed by atoms with van der Waals surface area (Å²) in [5, 5.41) is 13.6. The van der Waals surface area contributed by atoms with Gasteiger partial charge in [0, 0.05) is 43.8 Å². The second kappa shape index (κ2) is 13.8. The molecule has 9 rings (SSSR count). The van der Waals surface area contributed by atoms with Crippen LogP contribution in [0.3, 0.4) is 0 Å². The maximum absolute atomic E-state index is 15.3. The fraction of sp³-hybridized carbons (Fsp3) is 0.537. The van der Waals surface area contributed by atoms with Gasteiger partial charge in [0.2, 0.25) is 17.9 Å². The first-order valence-corrected chi connectivity index (χ1v) is 19.3. The van der Waals surface area contributed by atoms with Crippen LogP contribution in [0, 0.1) is 10.8 Å². The number of esters is 3. The first-order valence-electron chi connectivity index (χ1n) is 19.3. The lowest BCUT2D eigenvalue weighted by atomic mass is 9.62. The summed E-state index contributed by atoms with van der Waals surface area (Å²) in [6.45, 7) is 3.84. The summed E-state index contributed by atoms with van der Waals surface area (Å²) in [5.74, 6) is -3.74. The molecule has 56 heavy (non-hydrogen) atoms.